The van der Waals surface area contributed by atoms with Crippen molar-refractivity contribution >= 4 is 82.2 Å². The molecule has 0 aliphatic carbocycles. The van der Waals surface area contributed by atoms with Crippen LogP contribution in [0.1, 0.15) is 32.2 Å². The van der Waals surface area contributed by atoms with Crippen LogP contribution >= 0.6 is 22.7 Å². The van der Waals surface area contributed by atoms with Crippen LogP contribution in [0.15, 0.2) is 73.1 Å². The number of pyridine rings is 2. The maximum atomic E-state index is 12.8. The zero-order valence-electron chi connectivity index (χ0n) is 25.7. The average Bonchev–Trinajstić information content (AvgIpc) is 3.56. The van der Waals surface area contributed by atoms with Crippen molar-refractivity contribution in [2.75, 3.05) is 21.7 Å². The minimum atomic E-state index is -4.51. The number of anilines is 6. The smallest absolute Gasteiger partial charge is 0.433 e. The van der Waals surface area contributed by atoms with Crippen LogP contribution in [0.3, 0.4) is 0 Å². The van der Waals surface area contributed by atoms with E-state index in [1.165, 1.54) is 34.8 Å². The number of nitrogen functional groups attached to an aromatic ring is 1. The molecule has 18 heteroatoms. The highest BCUT2D eigenvalue weighted by Crippen LogP contribution is 2.33. The van der Waals surface area contributed by atoms with Gasteiger partial charge in [0.2, 0.25) is 0 Å². The Morgan fingerprint density at radius 3 is 1.65 bits per heavy atom. The number of benzene rings is 2. The standard InChI is InChI=1S/C18H17F3N4O2S.C13H9F3N4S/c1-17(2,3)27-16(26)25-15-24-12-5-4-10(8-13(12)28-15)23-11-6-7-22-14(9-11)18(19,20)21;14-13(15,16)11-6-8(3-4-18-11)19-7-1-2-9-10(5-7)21-12(17)20-9/h4-9H,1-3H3,(H,22,23)(H,24,25,26);1-6H,(H2,17,20)(H,18,19). The molecule has 256 valence electrons. The molecule has 0 fully saturated rings. The number of nitrogens with two attached hydrogens (primary N) is 1. The topological polar surface area (TPSA) is 140 Å². The van der Waals surface area contributed by atoms with Crippen LogP contribution in [0, 0.1) is 0 Å². The number of nitrogens with one attached hydrogen (secondary N) is 3. The summed E-state index contributed by atoms with van der Waals surface area (Å²) in [6, 6.07) is 15.2. The lowest BCUT2D eigenvalue weighted by atomic mass is 10.2. The Hall–Kier alpha value is -5.23. The number of hydrogen-bond acceptors (Lipinski definition) is 11. The summed E-state index contributed by atoms with van der Waals surface area (Å²) in [7, 11) is 0. The molecule has 6 rings (SSSR count). The van der Waals surface area contributed by atoms with E-state index in [1.807, 2.05) is 0 Å². The number of rotatable bonds is 5. The Labute approximate surface area is 282 Å². The molecule has 6 aromatic rings. The number of alkyl halides is 6. The first kappa shape index (κ1) is 35.1. The Kier molecular flexibility index (Phi) is 9.82. The van der Waals surface area contributed by atoms with Gasteiger partial charge in [0, 0.05) is 35.1 Å². The molecule has 0 aliphatic heterocycles. The average molecular weight is 721 g/mol. The molecule has 0 saturated heterocycles. The first-order valence-electron chi connectivity index (χ1n) is 14.1. The van der Waals surface area contributed by atoms with Gasteiger partial charge in [-0.15, -0.1) is 0 Å². The van der Waals surface area contributed by atoms with Gasteiger partial charge in [0.1, 0.15) is 17.0 Å². The van der Waals surface area contributed by atoms with Crippen molar-refractivity contribution in [2.45, 2.75) is 38.7 Å². The van der Waals surface area contributed by atoms with Crippen molar-refractivity contribution in [3.05, 3.63) is 84.4 Å². The first-order chi connectivity index (χ1) is 22.9. The van der Waals surface area contributed by atoms with E-state index in [0.29, 0.717) is 32.8 Å². The molecule has 2 aromatic carbocycles. The van der Waals surface area contributed by atoms with Gasteiger partial charge in [-0.05, 0) is 81.4 Å². The van der Waals surface area contributed by atoms with Crippen LogP contribution < -0.4 is 21.7 Å². The number of amides is 1. The van der Waals surface area contributed by atoms with Gasteiger partial charge in [-0.25, -0.2) is 14.8 Å². The summed E-state index contributed by atoms with van der Waals surface area (Å²) in [5.41, 5.74) is 6.30. The van der Waals surface area contributed by atoms with E-state index in [0.717, 1.165) is 39.4 Å². The Bertz CT molecular complexity index is 2110. The predicted octanol–water partition coefficient (Wildman–Crippen LogP) is 9.84. The summed E-state index contributed by atoms with van der Waals surface area (Å²) in [6.45, 7) is 5.27. The summed E-state index contributed by atoms with van der Waals surface area (Å²) >= 11 is 2.55. The van der Waals surface area contributed by atoms with Gasteiger partial charge in [-0.1, -0.05) is 22.7 Å². The Morgan fingerprint density at radius 1 is 0.694 bits per heavy atom. The largest absolute Gasteiger partial charge is 0.444 e. The highest BCUT2D eigenvalue weighted by Gasteiger charge is 2.33. The highest BCUT2D eigenvalue weighted by molar-refractivity contribution is 7.22. The number of aromatic nitrogens is 4. The Balaban J connectivity index is 0.000000199. The van der Waals surface area contributed by atoms with E-state index in [2.05, 4.69) is 35.9 Å². The minimum Gasteiger partial charge on any atom is -0.444 e. The quantitative estimate of drug-likeness (QED) is 0.128. The highest BCUT2D eigenvalue weighted by atomic mass is 32.1. The van der Waals surface area contributed by atoms with E-state index >= 15 is 0 Å². The maximum Gasteiger partial charge on any atom is 0.433 e. The number of halogens is 6. The van der Waals surface area contributed by atoms with Crippen molar-refractivity contribution in [2.24, 2.45) is 0 Å². The fraction of sp³-hybridized carbons (Fsp3) is 0.194. The lowest BCUT2D eigenvalue weighted by Gasteiger charge is -2.18. The van der Waals surface area contributed by atoms with Gasteiger partial charge in [-0.3, -0.25) is 15.3 Å². The molecule has 4 heterocycles. The monoisotopic (exact) mass is 720 g/mol. The lowest BCUT2D eigenvalue weighted by Crippen LogP contribution is -2.27. The van der Waals surface area contributed by atoms with Gasteiger partial charge in [-0.2, -0.15) is 26.3 Å². The van der Waals surface area contributed by atoms with Gasteiger partial charge >= 0.3 is 18.4 Å². The van der Waals surface area contributed by atoms with Crippen molar-refractivity contribution < 1.29 is 35.9 Å². The van der Waals surface area contributed by atoms with E-state index < -0.39 is 35.4 Å². The molecule has 1 amide bonds. The SMILES string of the molecule is CC(C)(C)OC(=O)Nc1nc2ccc(Nc3ccnc(C(F)(F)F)c3)cc2s1.Nc1nc2ccc(Nc3ccnc(C(F)(F)F)c3)cc2s1. The molecule has 0 saturated carbocycles. The molecule has 49 heavy (non-hydrogen) atoms. The second-order valence-corrected chi connectivity index (χ2v) is 13.3. The summed E-state index contributed by atoms with van der Waals surface area (Å²) < 4.78 is 83.0. The molecule has 0 bridgehead atoms. The van der Waals surface area contributed by atoms with Crippen molar-refractivity contribution in [3.8, 4) is 0 Å². The van der Waals surface area contributed by atoms with Crippen molar-refractivity contribution in [3.63, 3.8) is 0 Å². The van der Waals surface area contributed by atoms with Crippen molar-refractivity contribution in [1.82, 2.24) is 19.9 Å². The molecule has 0 radical (unpaired) electrons. The number of ether oxygens (including phenoxy) is 1. The van der Waals surface area contributed by atoms with E-state index in [9.17, 15) is 31.1 Å². The number of hydrogen-bond donors (Lipinski definition) is 4. The molecule has 0 atom stereocenters. The van der Waals surface area contributed by atoms with Crippen LogP contribution in [0.2, 0.25) is 0 Å². The third-order valence-corrected chi connectivity index (χ3v) is 7.86. The van der Waals surface area contributed by atoms with Gasteiger partial charge in [0.25, 0.3) is 0 Å². The van der Waals surface area contributed by atoms with Crippen LogP contribution in [0.5, 0.6) is 0 Å². The van der Waals surface area contributed by atoms with Gasteiger partial charge in [0.15, 0.2) is 10.3 Å². The summed E-state index contributed by atoms with van der Waals surface area (Å²) in [5, 5.41) is 9.22. The third kappa shape index (κ3) is 9.66. The number of nitrogens with zero attached hydrogens (tertiary/aromatic N) is 4. The van der Waals surface area contributed by atoms with E-state index in [-0.39, 0.29) is 5.69 Å². The zero-order valence-corrected chi connectivity index (χ0v) is 27.3. The molecule has 0 aliphatic rings. The number of carbonyl (C=O) groups is 1. The predicted molar refractivity (Wildman–Crippen MR) is 179 cm³/mol. The molecular weight excluding hydrogens is 695 g/mol. The molecule has 4 aromatic heterocycles. The second-order valence-electron chi connectivity index (χ2n) is 11.2. The number of thiazole rings is 2. The Morgan fingerprint density at radius 2 is 1.16 bits per heavy atom. The molecular formula is C31H26F6N8O2S2. The minimum absolute atomic E-state index is 0.262. The lowest BCUT2D eigenvalue weighted by molar-refractivity contribution is -0.141. The molecule has 0 unspecified atom stereocenters. The summed E-state index contributed by atoms with van der Waals surface area (Å²) in [6.07, 6.45) is -7.37. The number of fused-ring (bicyclic) bond motifs is 2. The normalized spacial score (nSPS) is 11.9. The fourth-order valence-corrected chi connectivity index (χ4v) is 5.79. The zero-order chi connectivity index (χ0) is 35.6. The van der Waals surface area contributed by atoms with Gasteiger partial charge < -0.3 is 21.1 Å². The maximum absolute atomic E-state index is 12.8. The molecule has 10 nitrogen and oxygen atoms in total. The van der Waals surface area contributed by atoms with E-state index in [4.69, 9.17) is 10.5 Å². The second kappa shape index (κ2) is 13.7. The fourth-order valence-electron chi connectivity index (χ4n) is 4.13. The molecule has 5 N–H and O–H groups in total. The van der Waals surface area contributed by atoms with Crippen LogP contribution in [-0.2, 0) is 17.1 Å². The van der Waals surface area contributed by atoms with Crippen LogP contribution in [0.4, 0.5) is 64.1 Å². The first-order valence-corrected chi connectivity index (χ1v) is 15.7. The van der Waals surface area contributed by atoms with Crippen LogP contribution in [-0.4, -0.2) is 31.6 Å². The number of carbonyl (C=O) groups excluding carboxylic acids is 1. The third-order valence-electron chi connectivity index (χ3n) is 6.08. The molecule has 0 spiro atoms. The summed E-state index contributed by atoms with van der Waals surface area (Å²) in [5.74, 6) is 0. The van der Waals surface area contributed by atoms with Gasteiger partial charge in [0.05, 0.1) is 20.4 Å². The van der Waals surface area contributed by atoms with E-state index in [1.54, 1.807) is 57.2 Å². The van der Waals surface area contributed by atoms with Crippen LogP contribution in [0.25, 0.3) is 20.4 Å². The van der Waals surface area contributed by atoms with Crippen molar-refractivity contribution in [1.29, 1.82) is 0 Å². The summed E-state index contributed by atoms with van der Waals surface area (Å²) in [4.78, 5) is 26.9.